The predicted octanol–water partition coefficient (Wildman–Crippen LogP) is 4.31. The molecule has 0 atom stereocenters. The van der Waals surface area contributed by atoms with Gasteiger partial charge in [0, 0.05) is 33.6 Å². The Kier molecular flexibility index (Phi) is 4.73. The summed E-state index contributed by atoms with van der Waals surface area (Å²) < 4.78 is 15.0. The van der Waals surface area contributed by atoms with Gasteiger partial charge in [-0.2, -0.15) is 11.8 Å². The third-order valence-corrected chi connectivity index (χ3v) is 5.21. The van der Waals surface area contributed by atoms with Crippen molar-refractivity contribution in [2.75, 3.05) is 18.8 Å². The first kappa shape index (κ1) is 14.4. The smallest absolute Gasteiger partial charge is 0.128 e. The van der Waals surface area contributed by atoms with Crippen molar-refractivity contribution >= 4 is 27.7 Å². The SMILES string of the molecule is CC1(C)CCN(Cc2ccc(Br)cc2F)CCS1. The van der Waals surface area contributed by atoms with Crippen LogP contribution in [-0.2, 0) is 6.54 Å². The molecule has 1 fully saturated rings. The van der Waals surface area contributed by atoms with Crippen LogP contribution in [0, 0.1) is 5.82 Å². The zero-order valence-electron chi connectivity index (χ0n) is 10.9. The molecule has 2 rings (SSSR count). The fourth-order valence-corrected chi connectivity index (χ4v) is 3.58. The number of thioether (sulfide) groups is 1. The maximum atomic E-state index is 13.8. The highest BCUT2D eigenvalue weighted by Crippen LogP contribution is 2.31. The van der Waals surface area contributed by atoms with E-state index in [1.54, 1.807) is 6.07 Å². The molecule has 0 amide bonds. The molecule has 0 bridgehead atoms. The Bertz CT molecular complexity index is 422. The Morgan fingerprint density at radius 3 is 2.89 bits per heavy atom. The molecule has 0 aliphatic carbocycles. The summed E-state index contributed by atoms with van der Waals surface area (Å²) in [6.07, 6.45) is 1.16. The molecule has 1 heterocycles. The molecule has 0 spiro atoms. The van der Waals surface area contributed by atoms with E-state index >= 15 is 0 Å². The number of nitrogens with zero attached hydrogens (tertiary/aromatic N) is 1. The highest BCUT2D eigenvalue weighted by molar-refractivity contribution is 9.10. The minimum atomic E-state index is -0.111. The second-order valence-corrected chi connectivity index (χ2v) is 8.09. The topological polar surface area (TPSA) is 3.24 Å². The lowest BCUT2D eigenvalue weighted by Crippen LogP contribution is -2.27. The number of halogens is 2. The van der Waals surface area contributed by atoms with Crippen LogP contribution in [0.1, 0.15) is 25.8 Å². The average Bonchev–Trinajstić information content (AvgIpc) is 2.44. The highest BCUT2D eigenvalue weighted by atomic mass is 79.9. The maximum Gasteiger partial charge on any atom is 0.128 e. The molecule has 1 aliphatic heterocycles. The van der Waals surface area contributed by atoms with Crippen molar-refractivity contribution in [1.82, 2.24) is 4.90 Å². The summed E-state index contributed by atoms with van der Waals surface area (Å²) in [4.78, 5) is 2.36. The lowest BCUT2D eigenvalue weighted by atomic mass is 10.1. The van der Waals surface area contributed by atoms with Gasteiger partial charge in [-0.15, -0.1) is 0 Å². The highest BCUT2D eigenvalue weighted by Gasteiger charge is 2.23. The molecule has 100 valence electrons. The summed E-state index contributed by atoms with van der Waals surface area (Å²) >= 11 is 5.31. The summed E-state index contributed by atoms with van der Waals surface area (Å²) in [5, 5.41) is 0. The van der Waals surface area contributed by atoms with Gasteiger partial charge in [0.15, 0.2) is 0 Å². The van der Waals surface area contributed by atoms with Gasteiger partial charge in [-0.05, 0) is 25.1 Å². The predicted molar refractivity (Wildman–Crippen MR) is 80.5 cm³/mol. The first-order valence-electron chi connectivity index (χ1n) is 6.26. The number of hydrogen-bond acceptors (Lipinski definition) is 2. The van der Waals surface area contributed by atoms with Crippen LogP contribution in [0.5, 0.6) is 0 Å². The number of benzene rings is 1. The standard InChI is InChI=1S/C14H19BrFNS/c1-14(2)5-6-17(7-8-18-14)10-11-3-4-12(15)9-13(11)16/h3-4,9H,5-8,10H2,1-2H3. The molecular weight excluding hydrogens is 313 g/mol. The first-order valence-corrected chi connectivity index (χ1v) is 8.04. The third kappa shape index (κ3) is 3.97. The maximum absolute atomic E-state index is 13.8. The zero-order valence-corrected chi connectivity index (χ0v) is 13.3. The molecule has 1 aromatic rings. The van der Waals surface area contributed by atoms with Gasteiger partial charge in [0.25, 0.3) is 0 Å². The summed E-state index contributed by atoms with van der Waals surface area (Å²) in [5.41, 5.74) is 0.794. The molecule has 0 N–H and O–H groups in total. The molecular formula is C14H19BrFNS. The third-order valence-electron chi connectivity index (χ3n) is 3.34. The Hall–Kier alpha value is -0.0600. The van der Waals surface area contributed by atoms with Crippen molar-refractivity contribution in [3.05, 3.63) is 34.1 Å². The van der Waals surface area contributed by atoms with Gasteiger partial charge < -0.3 is 0 Å². The fourth-order valence-electron chi connectivity index (χ4n) is 2.11. The Morgan fingerprint density at radius 2 is 2.17 bits per heavy atom. The molecule has 1 nitrogen and oxygen atoms in total. The molecule has 1 aliphatic rings. The van der Waals surface area contributed by atoms with E-state index in [1.807, 2.05) is 23.9 Å². The van der Waals surface area contributed by atoms with Gasteiger partial charge in [-0.25, -0.2) is 4.39 Å². The molecule has 1 saturated heterocycles. The number of hydrogen-bond donors (Lipinski definition) is 0. The van der Waals surface area contributed by atoms with E-state index in [0.717, 1.165) is 41.8 Å². The van der Waals surface area contributed by atoms with Crippen LogP contribution in [0.15, 0.2) is 22.7 Å². The van der Waals surface area contributed by atoms with E-state index in [-0.39, 0.29) is 5.82 Å². The van der Waals surface area contributed by atoms with Crippen LogP contribution < -0.4 is 0 Å². The Labute approximate surface area is 121 Å². The summed E-state index contributed by atoms with van der Waals surface area (Å²) in [6.45, 7) is 7.40. The fraction of sp³-hybridized carbons (Fsp3) is 0.571. The lowest BCUT2D eigenvalue weighted by molar-refractivity contribution is 0.272. The van der Waals surface area contributed by atoms with Crippen LogP contribution in [0.3, 0.4) is 0 Å². The minimum Gasteiger partial charge on any atom is -0.298 e. The van der Waals surface area contributed by atoms with Crippen molar-refractivity contribution in [2.45, 2.75) is 31.6 Å². The van der Waals surface area contributed by atoms with Crippen molar-refractivity contribution < 1.29 is 4.39 Å². The summed E-state index contributed by atoms with van der Waals surface area (Å²) in [7, 11) is 0. The van der Waals surface area contributed by atoms with Crippen LogP contribution in [0.4, 0.5) is 4.39 Å². The van der Waals surface area contributed by atoms with Crippen molar-refractivity contribution in [2.24, 2.45) is 0 Å². The van der Waals surface area contributed by atoms with Gasteiger partial charge in [0.05, 0.1) is 0 Å². The zero-order chi connectivity index (χ0) is 13.2. The van der Waals surface area contributed by atoms with Crippen molar-refractivity contribution in [3.8, 4) is 0 Å². The monoisotopic (exact) mass is 331 g/mol. The minimum absolute atomic E-state index is 0.111. The number of rotatable bonds is 2. The van der Waals surface area contributed by atoms with E-state index in [4.69, 9.17) is 0 Å². The van der Waals surface area contributed by atoms with Crippen LogP contribution in [0.2, 0.25) is 0 Å². The molecule has 0 unspecified atom stereocenters. The van der Waals surface area contributed by atoms with Crippen LogP contribution >= 0.6 is 27.7 Å². The van der Waals surface area contributed by atoms with Gasteiger partial charge in [0.2, 0.25) is 0 Å². The largest absolute Gasteiger partial charge is 0.298 e. The molecule has 0 aromatic heterocycles. The van der Waals surface area contributed by atoms with Crippen molar-refractivity contribution in [1.29, 1.82) is 0 Å². The van der Waals surface area contributed by atoms with E-state index < -0.39 is 0 Å². The van der Waals surface area contributed by atoms with E-state index in [0.29, 0.717) is 4.75 Å². The molecule has 0 saturated carbocycles. The normalized spacial score (nSPS) is 20.7. The van der Waals surface area contributed by atoms with Gasteiger partial charge in [0.1, 0.15) is 5.82 Å². The second-order valence-electron chi connectivity index (χ2n) is 5.37. The quantitative estimate of drug-likeness (QED) is 0.794. The van der Waals surface area contributed by atoms with Crippen LogP contribution in [-0.4, -0.2) is 28.5 Å². The van der Waals surface area contributed by atoms with Gasteiger partial charge in [-0.1, -0.05) is 35.8 Å². The van der Waals surface area contributed by atoms with Crippen LogP contribution in [0.25, 0.3) is 0 Å². The van der Waals surface area contributed by atoms with E-state index in [9.17, 15) is 4.39 Å². The Balaban J connectivity index is 2.01. The van der Waals surface area contributed by atoms with Gasteiger partial charge >= 0.3 is 0 Å². The lowest BCUT2D eigenvalue weighted by Gasteiger charge is -2.22. The first-order chi connectivity index (χ1) is 8.46. The van der Waals surface area contributed by atoms with E-state index in [2.05, 4.69) is 34.7 Å². The second kappa shape index (κ2) is 5.93. The molecule has 4 heteroatoms. The summed E-state index contributed by atoms with van der Waals surface area (Å²) in [6, 6.07) is 5.34. The average molecular weight is 332 g/mol. The van der Waals surface area contributed by atoms with Crippen molar-refractivity contribution in [3.63, 3.8) is 0 Å². The molecule has 18 heavy (non-hydrogen) atoms. The van der Waals surface area contributed by atoms with Gasteiger partial charge in [-0.3, -0.25) is 4.90 Å². The summed E-state index contributed by atoms with van der Waals surface area (Å²) in [5.74, 6) is 1.02. The molecule has 1 aromatic carbocycles. The Morgan fingerprint density at radius 1 is 1.39 bits per heavy atom. The molecule has 0 radical (unpaired) electrons. The van der Waals surface area contributed by atoms with E-state index in [1.165, 1.54) is 0 Å².